The average molecular weight is 437 g/mol. The molecule has 1 heterocycles. The van der Waals surface area contributed by atoms with E-state index in [0.717, 1.165) is 30.4 Å². The van der Waals surface area contributed by atoms with Gasteiger partial charge in [-0.05, 0) is 61.3 Å². The summed E-state index contributed by atoms with van der Waals surface area (Å²) in [5.41, 5.74) is 2.26. The Bertz CT molecular complexity index is 1030. The second-order valence-electron chi connectivity index (χ2n) is 9.04. The van der Waals surface area contributed by atoms with Gasteiger partial charge in [0.2, 0.25) is 17.7 Å². The van der Waals surface area contributed by atoms with Gasteiger partial charge in [-0.25, -0.2) is 0 Å². The number of carbonyl (C=O) groups is 3. The smallest absolute Gasteiger partial charge is 0.248 e. The molecule has 160 valence electrons. The number of benzene rings is 2. The lowest BCUT2D eigenvalue weighted by atomic mass is 9.81. The Labute approximate surface area is 186 Å². The number of nitrogens with one attached hydrogen (secondary N) is 1. The second kappa shape index (κ2) is 7.79. The summed E-state index contributed by atoms with van der Waals surface area (Å²) in [6.07, 6.45) is 3.28. The maximum absolute atomic E-state index is 13.5. The number of rotatable bonds is 5. The molecule has 31 heavy (non-hydrogen) atoms. The van der Waals surface area contributed by atoms with Gasteiger partial charge in [-0.1, -0.05) is 48.0 Å². The SMILES string of the molecule is Cc1c(Cl)cccc1NC(=O)[C@@H](Cc1ccccc1)N1C(=O)[C@@H]2[C@H]3CC[C@@H](C3)[C@@H]2C1=O. The number of anilines is 1. The van der Waals surface area contributed by atoms with Gasteiger partial charge >= 0.3 is 0 Å². The van der Waals surface area contributed by atoms with E-state index in [1.165, 1.54) is 4.90 Å². The van der Waals surface area contributed by atoms with E-state index in [0.29, 0.717) is 17.1 Å². The van der Waals surface area contributed by atoms with Crippen molar-refractivity contribution in [2.45, 2.75) is 38.6 Å². The van der Waals surface area contributed by atoms with Crippen LogP contribution in [0.1, 0.15) is 30.4 Å². The van der Waals surface area contributed by atoms with Crippen LogP contribution in [0, 0.1) is 30.6 Å². The summed E-state index contributed by atoms with van der Waals surface area (Å²) in [6.45, 7) is 1.83. The fourth-order valence-electron chi connectivity index (χ4n) is 5.84. The molecule has 0 unspecified atom stereocenters. The van der Waals surface area contributed by atoms with E-state index in [1.54, 1.807) is 18.2 Å². The highest BCUT2D eigenvalue weighted by Gasteiger charge is 2.62. The van der Waals surface area contributed by atoms with Crippen molar-refractivity contribution in [2.24, 2.45) is 23.7 Å². The molecule has 6 heteroatoms. The first-order chi connectivity index (χ1) is 15.0. The lowest BCUT2D eigenvalue weighted by molar-refractivity contribution is -0.147. The fourth-order valence-corrected chi connectivity index (χ4v) is 6.01. The lowest BCUT2D eigenvalue weighted by Crippen LogP contribution is -2.49. The molecule has 3 fully saturated rings. The molecule has 3 aliphatic rings. The van der Waals surface area contributed by atoms with Crippen LogP contribution in [0.4, 0.5) is 5.69 Å². The van der Waals surface area contributed by atoms with Gasteiger partial charge in [0.15, 0.2) is 0 Å². The van der Waals surface area contributed by atoms with Gasteiger partial charge in [-0.15, -0.1) is 0 Å². The zero-order chi connectivity index (χ0) is 21.7. The van der Waals surface area contributed by atoms with E-state index in [4.69, 9.17) is 11.6 Å². The topological polar surface area (TPSA) is 66.5 Å². The number of nitrogens with zero attached hydrogens (tertiary/aromatic N) is 1. The first-order valence-corrected chi connectivity index (χ1v) is 11.3. The molecule has 5 nitrogen and oxygen atoms in total. The molecule has 0 aromatic heterocycles. The first-order valence-electron chi connectivity index (χ1n) is 10.9. The average Bonchev–Trinajstić information content (AvgIpc) is 3.45. The monoisotopic (exact) mass is 436 g/mol. The number of halogens is 1. The molecule has 5 rings (SSSR count). The zero-order valence-corrected chi connectivity index (χ0v) is 18.1. The third-order valence-corrected chi connectivity index (χ3v) is 7.78. The predicted molar refractivity (Wildman–Crippen MR) is 118 cm³/mol. The minimum Gasteiger partial charge on any atom is -0.324 e. The van der Waals surface area contributed by atoms with E-state index in [-0.39, 0.29) is 41.4 Å². The molecule has 2 bridgehead atoms. The molecule has 5 atom stereocenters. The van der Waals surface area contributed by atoms with Gasteiger partial charge in [0.25, 0.3) is 0 Å². The summed E-state index contributed by atoms with van der Waals surface area (Å²) in [5.74, 6) is -0.611. The molecule has 2 aromatic rings. The van der Waals surface area contributed by atoms with E-state index < -0.39 is 6.04 Å². The largest absolute Gasteiger partial charge is 0.324 e. The van der Waals surface area contributed by atoms with E-state index in [9.17, 15) is 14.4 Å². The van der Waals surface area contributed by atoms with Gasteiger partial charge in [0, 0.05) is 17.1 Å². The second-order valence-corrected chi connectivity index (χ2v) is 9.45. The molecule has 1 aliphatic heterocycles. The van der Waals surface area contributed by atoms with Crippen molar-refractivity contribution in [3.8, 4) is 0 Å². The Morgan fingerprint density at radius 2 is 1.68 bits per heavy atom. The lowest BCUT2D eigenvalue weighted by Gasteiger charge is -2.27. The van der Waals surface area contributed by atoms with Gasteiger partial charge < -0.3 is 5.32 Å². The summed E-state index contributed by atoms with van der Waals surface area (Å²) in [4.78, 5) is 41.5. The van der Waals surface area contributed by atoms with Crippen molar-refractivity contribution in [1.29, 1.82) is 0 Å². The van der Waals surface area contributed by atoms with Crippen LogP contribution in [-0.2, 0) is 20.8 Å². The highest BCUT2D eigenvalue weighted by atomic mass is 35.5. The third-order valence-electron chi connectivity index (χ3n) is 7.37. The van der Waals surface area contributed by atoms with Crippen molar-refractivity contribution in [3.05, 3.63) is 64.7 Å². The van der Waals surface area contributed by atoms with Crippen LogP contribution in [0.15, 0.2) is 48.5 Å². The number of likely N-dealkylation sites (tertiary alicyclic amines) is 1. The van der Waals surface area contributed by atoms with Crippen molar-refractivity contribution in [1.82, 2.24) is 4.90 Å². The summed E-state index contributed by atoms with van der Waals surface area (Å²) in [7, 11) is 0. The minimum absolute atomic E-state index is 0.166. The van der Waals surface area contributed by atoms with Gasteiger partial charge in [-0.3, -0.25) is 19.3 Å². The Morgan fingerprint density at radius 3 is 2.32 bits per heavy atom. The molecule has 0 spiro atoms. The molecule has 1 N–H and O–H groups in total. The van der Waals surface area contributed by atoms with Crippen LogP contribution in [0.2, 0.25) is 5.02 Å². The molecule has 1 saturated heterocycles. The predicted octanol–water partition coefficient (Wildman–Crippen LogP) is 4.23. The standard InChI is InChI=1S/C25H25ClN2O3/c1-14-18(26)8-5-9-19(14)27-23(29)20(12-15-6-3-2-4-7-15)28-24(30)21-16-10-11-17(13-16)22(21)25(28)31/h2-9,16-17,20-22H,10-13H2,1H3,(H,27,29)/t16-,17-,20+,21-,22+/m0/s1. The minimum atomic E-state index is -0.884. The van der Waals surface area contributed by atoms with Crippen molar-refractivity contribution in [3.63, 3.8) is 0 Å². The molecular formula is C25H25ClN2O3. The highest BCUT2D eigenvalue weighted by molar-refractivity contribution is 6.31. The Balaban J connectivity index is 1.47. The Kier molecular flexibility index (Phi) is 5.09. The summed E-state index contributed by atoms with van der Waals surface area (Å²) < 4.78 is 0. The summed E-state index contributed by atoms with van der Waals surface area (Å²) in [6, 6.07) is 14.0. The molecule has 2 aliphatic carbocycles. The molecule has 2 saturated carbocycles. The number of carbonyl (C=O) groups excluding carboxylic acids is 3. The number of fused-ring (bicyclic) bond motifs is 5. The van der Waals surface area contributed by atoms with E-state index in [2.05, 4.69) is 5.32 Å². The fraction of sp³-hybridized carbons (Fsp3) is 0.400. The number of hydrogen-bond donors (Lipinski definition) is 1. The summed E-state index contributed by atoms with van der Waals surface area (Å²) in [5, 5.41) is 3.48. The Hall–Kier alpha value is -2.66. The van der Waals surface area contributed by atoms with Crippen LogP contribution >= 0.6 is 11.6 Å². The van der Waals surface area contributed by atoms with E-state index >= 15 is 0 Å². The first kappa shape index (κ1) is 20.3. The normalized spacial score (nSPS) is 27.5. The quantitative estimate of drug-likeness (QED) is 0.713. The molecular weight excluding hydrogens is 412 g/mol. The number of hydrogen-bond acceptors (Lipinski definition) is 3. The van der Waals surface area contributed by atoms with E-state index in [1.807, 2.05) is 37.3 Å². The van der Waals surface area contributed by atoms with Crippen LogP contribution in [0.3, 0.4) is 0 Å². The third kappa shape index (κ3) is 3.35. The number of imide groups is 1. The van der Waals surface area contributed by atoms with Crippen LogP contribution in [-0.4, -0.2) is 28.7 Å². The Morgan fingerprint density at radius 1 is 1.03 bits per heavy atom. The van der Waals surface area contributed by atoms with Crippen molar-refractivity contribution in [2.75, 3.05) is 5.32 Å². The van der Waals surface area contributed by atoms with Gasteiger partial charge in [0.05, 0.1) is 11.8 Å². The zero-order valence-electron chi connectivity index (χ0n) is 17.4. The van der Waals surface area contributed by atoms with Gasteiger partial charge in [-0.2, -0.15) is 0 Å². The summed E-state index contributed by atoms with van der Waals surface area (Å²) >= 11 is 6.21. The maximum atomic E-state index is 13.5. The van der Waals surface area contributed by atoms with Crippen LogP contribution in [0.25, 0.3) is 0 Å². The maximum Gasteiger partial charge on any atom is 0.248 e. The van der Waals surface area contributed by atoms with Crippen molar-refractivity contribution >= 4 is 35.0 Å². The van der Waals surface area contributed by atoms with Gasteiger partial charge in [0.1, 0.15) is 6.04 Å². The molecule has 3 amide bonds. The molecule has 2 aromatic carbocycles. The van der Waals surface area contributed by atoms with Crippen molar-refractivity contribution < 1.29 is 14.4 Å². The van der Waals surface area contributed by atoms with Crippen LogP contribution < -0.4 is 5.32 Å². The molecule has 0 radical (unpaired) electrons. The number of amides is 3. The van der Waals surface area contributed by atoms with Crippen LogP contribution in [0.5, 0.6) is 0 Å². The highest BCUT2D eigenvalue weighted by Crippen LogP contribution is 2.56.